The third kappa shape index (κ3) is 2.63. The first-order valence-corrected chi connectivity index (χ1v) is 5.40. The normalized spacial score (nSPS) is 10.2. The fourth-order valence-corrected chi connectivity index (χ4v) is 1.60. The maximum Gasteiger partial charge on any atom is 0.146 e. The topological polar surface area (TPSA) is 49.7 Å². The summed E-state index contributed by atoms with van der Waals surface area (Å²) in [5.41, 5.74) is 0.720. The van der Waals surface area contributed by atoms with E-state index in [0.717, 1.165) is 5.56 Å². The number of aryl methyl sites for hydroxylation is 1. The first kappa shape index (κ1) is 11.6. The number of aromatic hydroxyl groups is 2. The van der Waals surface area contributed by atoms with Crippen molar-refractivity contribution in [2.24, 2.45) is 0 Å². The van der Waals surface area contributed by atoms with E-state index in [4.69, 9.17) is 16.3 Å². The molecule has 0 saturated carbocycles. The van der Waals surface area contributed by atoms with Crippen LogP contribution in [0.1, 0.15) is 5.56 Å². The summed E-state index contributed by atoms with van der Waals surface area (Å²) in [4.78, 5) is 0. The number of hydrogen-bond donors (Lipinski definition) is 2. The SMILES string of the molecule is Cc1cc(Oc2ccc(O)cc2Cl)ccc1O. The van der Waals surface area contributed by atoms with Gasteiger partial charge in [0, 0.05) is 6.07 Å². The zero-order valence-electron chi connectivity index (χ0n) is 9.14. The van der Waals surface area contributed by atoms with Gasteiger partial charge in [0.25, 0.3) is 0 Å². The Balaban J connectivity index is 2.28. The maximum absolute atomic E-state index is 9.39. The molecule has 0 aliphatic carbocycles. The standard InChI is InChI=1S/C13H11ClO3/c1-8-6-10(3-4-12(8)16)17-13-5-2-9(15)7-11(13)14/h2-7,15-16H,1H3. The molecule has 0 amide bonds. The minimum absolute atomic E-state index is 0.0873. The van der Waals surface area contributed by atoms with Gasteiger partial charge in [-0.2, -0.15) is 0 Å². The minimum Gasteiger partial charge on any atom is -0.508 e. The van der Waals surface area contributed by atoms with Crippen molar-refractivity contribution >= 4 is 11.6 Å². The summed E-state index contributed by atoms with van der Waals surface area (Å²) in [6.45, 7) is 1.78. The summed E-state index contributed by atoms with van der Waals surface area (Å²) in [6, 6.07) is 9.39. The molecule has 0 unspecified atom stereocenters. The van der Waals surface area contributed by atoms with Gasteiger partial charge in [0.05, 0.1) is 5.02 Å². The van der Waals surface area contributed by atoms with Gasteiger partial charge in [-0.1, -0.05) is 11.6 Å². The Morgan fingerprint density at radius 1 is 1.06 bits per heavy atom. The summed E-state index contributed by atoms with van der Waals surface area (Å²) >= 11 is 5.92. The molecule has 0 saturated heterocycles. The molecule has 88 valence electrons. The fourth-order valence-electron chi connectivity index (χ4n) is 1.39. The molecule has 0 aliphatic rings. The molecule has 4 heteroatoms. The van der Waals surface area contributed by atoms with Crippen LogP contribution in [-0.4, -0.2) is 10.2 Å². The molecule has 0 spiro atoms. The van der Waals surface area contributed by atoms with Crippen molar-refractivity contribution in [2.45, 2.75) is 6.92 Å². The van der Waals surface area contributed by atoms with Crippen molar-refractivity contribution in [1.82, 2.24) is 0 Å². The average Bonchev–Trinajstić information content (AvgIpc) is 2.27. The lowest BCUT2D eigenvalue weighted by Gasteiger charge is -2.09. The molecule has 0 heterocycles. The van der Waals surface area contributed by atoms with Crippen LogP contribution in [0.2, 0.25) is 5.02 Å². The highest BCUT2D eigenvalue weighted by atomic mass is 35.5. The number of benzene rings is 2. The Labute approximate surface area is 104 Å². The predicted molar refractivity (Wildman–Crippen MR) is 66.0 cm³/mol. The molecule has 0 bridgehead atoms. The molecule has 0 aromatic heterocycles. The number of phenolic OH excluding ortho intramolecular Hbond substituents is 2. The number of rotatable bonds is 2. The highest BCUT2D eigenvalue weighted by Gasteiger charge is 2.05. The lowest BCUT2D eigenvalue weighted by atomic mass is 10.2. The lowest BCUT2D eigenvalue weighted by Crippen LogP contribution is -1.86. The minimum atomic E-state index is 0.0873. The number of ether oxygens (including phenoxy) is 1. The van der Waals surface area contributed by atoms with E-state index in [1.807, 2.05) is 0 Å². The number of halogens is 1. The van der Waals surface area contributed by atoms with E-state index in [9.17, 15) is 10.2 Å². The predicted octanol–water partition coefficient (Wildman–Crippen LogP) is 3.85. The van der Waals surface area contributed by atoms with Crippen molar-refractivity contribution in [1.29, 1.82) is 0 Å². The van der Waals surface area contributed by atoms with Crippen LogP contribution in [-0.2, 0) is 0 Å². The molecule has 0 fully saturated rings. The van der Waals surface area contributed by atoms with Crippen LogP contribution in [0.5, 0.6) is 23.0 Å². The Bertz CT molecular complexity index is 552. The molecule has 2 aromatic rings. The molecule has 2 rings (SSSR count). The quantitative estimate of drug-likeness (QED) is 0.851. The number of hydrogen-bond acceptors (Lipinski definition) is 3. The van der Waals surface area contributed by atoms with Gasteiger partial charge in [0.1, 0.15) is 23.0 Å². The molecule has 2 N–H and O–H groups in total. The summed E-state index contributed by atoms with van der Waals surface area (Å²) < 4.78 is 5.55. The Hall–Kier alpha value is -1.87. The van der Waals surface area contributed by atoms with Crippen LogP contribution in [0.15, 0.2) is 36.4 Å². The summed E-state index contributed by atoms with van der Waals surface area (Å²) in [5, 5.41) is 18.9. The summed E-state index contributed by atoms with van der Waals surface area (Å²) in [7, 11) is 0. The van der Waals surface area contributed by atoms with E-state index in [-0.39, 0.29) is 11.5 Å². The second-order valence-electron chi connectivity index (χ2n) is 3.67. The molecule has 3 nitrogen and oxygen atoms in total. The highest BCUT2D eigenvalue weighted by Crippen LogP contribution is 2.33. The van der Waals surface area contributed by atoms with Crippen molar-refractivity contribution in [3.05, 3.63) is 47.0 Å². The molecule has 0 radical (unpaired) electrons. The second kappa shape index (κ2) is 4.55. The maximum atomic E-state index is 9.39. The van der Waals surface area contributed by atoms with Crippen LogP contribution < -0.4 is 4.74 Å². The lowest BCUT2D eigenvalue weighted by molar-refractivity contribution is 0.457. The van der Waals surface area contributed by atoms with Gasteiger partial charge in [-0.15, -0.1) is 0 Å². The molecule has 0 aliphatic heterocycles. The van der Waals surface area contributed by atoms with E-state index in [0.29, 0.717) is 16.5 Å². The second-order valence-corrected chi connectivity index (χ2v) is 4.07. The smallest absolute Gasteiger partial charge is 0.146 e. The molecule has 17 heavy (non-hydrogen) atoms. The molecular formula is C13H11ClO3. The van der Waals surface area contributed by atoms with Crippen LogP contribution >= 0.6 is 11.6 Å². The molecular weight excluding hydrogens is 240 g/mol. The average molecular weight is 251 g/mol. The van der Waals surface area contributed by atoms with Gasteiger partial charge < -0.3 is 14.9 Å². The third-order valence-corrected chi connectivity index (χ3v) is 2.61. The van der Waals surface area contributed by atoms with E-state index < -0.39 is 0 Å². The molecule has 2 aromatic carbocycles. The summed E-state index contributed by atoms with van der Waals surface area (Å²) in [6.07, 6.45) is 0. The van der Waals surface area contributed by atoms with E-state index in [1.165, 1.54) is 12.1 Å². The van der Waals surface area contributed by atoms with E-state index in [1.54, 1.807) is 31.2 Å². The van der Waals surface area contributed by atoms with Gasteiger partial charge in [-0.3, -0.25) is 0 Å². The fraction of sp³-hybridized carbons (Fsp3) is 0.0769. The zero-order valence-corrected chi connectivity index (χ0v) is 9.90. The van der Waals surface area contributed by atoms with Crippen LogP contribution in [0.4, 0.5) is 0 Å². The van der Waals surface area contributed by atoms with Gasteiger partial charge >= 0.3 is 0 Å². The van der Waals surface area contributed by atoms with Crippen LogP contribution in [0, 0.1) is 6.92 Å². The Morgan fingerprint density at radius 3 is 2.47 bits per heavy atom. The first-order valence-electron chi connectivity index (χ1n) is 5.02. The van der Waals surface area contributed by atoms with Gasteiger partial charge in [0.15, 0.2) is 0 Å². The summed E-state index contributed by atoms with van der Waals surface area (Å²) in [5.74, 6) is 1.33. The van der Waals surface area contributed by atoms with Crippen LogP contribution in [0.3, 0.4) is 0 Å². The van der Waals surface area contributed by atoms with Crippen molar-refractivity contribution in [2.75, 3.05) is 0 Å². The Morgan fingerprint density at radius 2 is 1.82 bits per heavy atom. The third-order valence-electron chi connectivity index (χ3n) is 2.31. The van der Waals surface area contributed by atoms with Crippen molar-refractivity contribution in [3.8, 4) is 23.0 Å². The van der Waals surface area contributed by atoms with Gasteiger partial charge in [-0.05, 0) is 42.8 Å². The van der Waals surface area contributed by atoms with Gasteiger partial charge in [0.2, 0.25) is 0 Å². The highest BCUT2D eigenvalue weighted by molar-refractivity contribution is 6.32. The van der Waals surface area contributed by atoms with E-state index in [2.05, 4.69) is 0 Å². The largest absolute Gasteiger partial charge is 0.508 e. The zero-order chi connectivity index (χ0) is 12.4. The number of phenols is 2. The molecule has 0 atom stereocenters. The van der Waals surface area contributed by atoms with Gasteiger partial charge in [-0.25, -0.2) is 0 Å². The monoisotopic (exact) mass is 250 g/mol. The van der Waals surface area contributed by atoms with Crippen molar-refractivity contribution in [3.63, 3.8) is 0 Å². The Kier molecular flexibility index (Phi) is 3.11. The first-order chi connectivity index (χ1) is 8.06. The van der Waals surface area contributed by atoms with Crippen LogP contribution in [0.25, 0.3) is 0 Å². The van der Waals surface area contributed by atoms with Crippen molar-refractivity contribution < 1.29 is 14.9 Å². The van der Waals surface area contributed by atoms with E-state index >= 15 is 0 Å².